The topological polar surface area (TPSA) is 63.7 Å². The first kappa shape index (κ1) is 17.3. The summed E-state index contributed by atoms with van der Waals surface area (Å²) in [7, 11) is 1.53. The predicted molar refractivity (Wildman–Crippen MR) is 106 cm³/mol. The smallest absolute Gasteiger partial charge is 0.136 e. The van der Waals surface area contributed by atoms with Gasteiger partial charge in [0.05, 0.1) is 45.9 Å². The number of hydrogen-bond donors (Lipinski definition) is 0. The van der Waals surface area contributed by atoms with Crippen LogP contribution >= 0.6 is 23.2 Å². The van der Waals surface area contributed by atoms with Crippen LogP contribution in [0.4, 0.5) is 0 Å². The Morgan fingerprint density at radius 1 is 1.15 bits per heavy atom. The molecule has 2 aromatic heterocycles. The van der Waals surface area contributed by atoms with Crippen molar-refractivity contribution in [3.63, 3.8) is 0 Å². The molecule has 0 bridgehead atoms. The van der Waals surface area contributed by atoms with E-state index in [1.807, 2.05) is 29.0 Å². The summed E-state index contributed by atoms with van der Waals surface area (Å²) in [5.41, 5.74) is 3.31. The fourth-order valence-electron chi connectivity index (χ4n) is 2.93. The highest BCUT2D eigenvalue weighted by atomic mass is 35.5. The molecular weight excluding hydrogens is 383 g/mol. The fraction of sp³-hybridized carbons (Fsp3) is 0.0500. The normalized spacial score (nSPS) is 10.7. The van der Waals surface area contributed by atoms with E-state index < -0.39 is 0 Å². The minimum Gasteiger partial charge on any atom is -0.495 e. The summed E-state index contributed by atoms with van der Waals surface area (Å²) in [5.74, 6) is 0.512. The maximum Gasteiger partial charge on any atom is 0.136 e. The number of nitriles is 1. The highest BCUT2D eigenvalue weighted by molar-refractivity contribution is 6.45. The lowest BCUT2D eigenvalue weighted by Crippen LogP contribution is -1.97. The first-order chi connectivity index (χ1) is 13.1. The molecule has 0 radical (unpaired) electrons. The van der Waals surface area contributed by atoms with Gasteiger partial charge in [-0.2, -0.15) is 5.26 Å². The molecule has 0 atom stereocenters. The van der Waals surface area contributed by atoms with Crippen LogP contribution in [0.1, 0.15) is 5.56 Å². The zero-order valence-corrected chi connectivity index (χ0v) is 15.7. The number of rotatable bonds is 3. The van der Waals surface area contributed by atoms with Crippen LogP contribution in [0.3, 0.4) is 0 Å². The lowest BCUT2D eigenvalue weighted by molar-refractivity contribution is 0.413. The third-order valence-corrected chi connectivity index (χ3v) is 5.04. The van der Waals surface area contributed by atoms with Crippen LogP contribution in [0.25, 0.3) is 27.8 Å². The van der Waals surface area contributed by atoms with Crippen LogP contribution in [-0.4, -0.2) is 21.6 Å². The van der Waals surface area contributed by atoms with Gasteiger partial charge in [-0.1, -0.05) is 23.2 Å². The van der Waals surface area contributed by atoms with E-state index in [-0.39, 0.29) is 0 Å². The first-order valence-electron chi connectivity index (χ1n) is 7.98. The molecule has 27 heavy (non-hydrogen) atoms. The Labute approximate surface area is 165 Å². The molecule has 4 aromatic rings. The molecule has 2 heterocycles. The second kappa shape index (κ2) is 6.92. The molecule has 0 N–H and O–H groups in total. The van der Waals surface area contributed by atoms with Crippen molar-refractivity contribution in [3.05, 3.63) is 70.7 Å². The van der Waals surface area contributed by atoms with E-state index >= 15 is 0 Å². The number of fused-ring (bicyclic) bond motifs is 1. The molecule has 0 fully saturated rings. The van der Waals surface area contributed by atoms with Gasteiger partial charge in [-0.15, -0.1) is 0 Å². The number of halogens is 2. The van der Waals surface area contributed by atoms with Gasteiger partial charge >= 0.3 is 0 Å². The molecule has 4 rings (SSSR count). The molecule has 5 nitrogen and oxygen atoms in total. The van der Waals surface area contributed by atoms with Gasteiger partial charge in [0.1, 0.15) is 11.8 Å². The zero-order valence-electron chi connectivity index (χ0n) is 14.1. The Kier molecular flexibility index (Phi) is 4.44. The summed E-state index contributed by atoms with van der Waals surface area (Å²) in [6.07, 6.45) is 5.25. The van der Waals surface area contributed by atoms with Crippen molar-refractivity contribution in [1.29, 1.82) is 5.26 Å². The quantitative estimate of drug-likeness (QED) is 0.474. The number of aromatic nitrogens is 3. The fourth-order valence-corrected chi connectivity index (χ4v) is 3.29. The van der Waals surface area contributed by atoms with E-state index in [2.05, 4.69) is 11.1 Å². The summed E-state index contributed by atoms with van der Waals surface area (Å²) in [4.78, 5) is 8.83. The molecule has 0 amide bonds. The van der Waals surface area contributed by atoms with Crippen molar-refractivity contribution in [2.75, 3.05) is 7.11 Å². The SMILES string of the molecule is COc1ccc(-c2cc(-n3ccnc3)c3ccc(Cl)c(Cl)c3n2)cc1C#N. The Balaban J connectivity index is 2.02. The van der Waals surface area contributed by atoms with E-state index in [4.69, 9.17) is 32.9 Å². The van der Waals surface area contributed by atoms with E-state index in [0.717, 1.165) is 16.6 Å². The number of nitrogens with zero attached hydrogens (tertiary/aromatic N) is 4. The minimum atomic E-state index is 0.381. The number of benzene rings is 2. The highest BCUT2D eigenvalue weighted by Gasteiger charge is 2.14. The van der Waals surface area contributed by atoms with Crippen molar-refractivity contribution < 1.29 is 4.74 Å². The van der Waals surface area contributed by atoms with Crippen LogP contribution in [0.2, 0.25) is 10.0 Å². The highest BCUT2D eigenvalue weighted by Crippen LogP contribution is 2.35. The van der Waals surface area contributed by atoms with Crippen molar-refractivity contribution in [2.24, 2.45) is 0 Å². The summed E-state index contributed by atoms with van der Waals surface area (Å²) in [6.45, 7) is 0. The number of ether oxygens (including phenoxy) is 1. The number of imidazole rings is 1. The van der Waals surface area contributed by atoms with E-state index in [1.165, 1.54) is 7.11 Å². The standard InChI is InChI=1S/C20H12Cl2N4O/c1-27-18-5-2-12(8-13(18)10-23)16-9-17(26-7-6-24-11-26)14-3-4-15(21)19(22)20(14)25-16/h2-9,11H,1H3. The number of methoxy groups -OCH3 is 1. The summed E-state index contributed by atoms with van der Waals surface area (Å²) in [6, 6.07) is 13.0. The Hall–Kier alpha value is -3.07. The van der Waals surface area contributed by atoms with Gasteiger partial charge in [0.15, 0.2) is 0 Å². The number of hydrogen-bond acceptors (Lipinski definition) is 4. The maximum atomic E-state index is 9.38. The van der Waals surface area contributed by atoms with Gasteiger partial charge in [0.25, 0.3) is 0 Å². The second-order valence-corrected chi connectivity index (χ2v) is 6.57. The second-order valence-electron chi connectivity index (χ2n) is 5.78. The van der Waals surface area contributed by atoms with Crippen LogP contribution in [0, 0.1) is 11.3 Å². The van der Waals surface area contributed by atoms with E-state index in [1.54, 1.807) is 30.7 Å². The predicted octanol–water partition coefficient (Wildman–Crippen LogP) is 5.27. The lowest BCUT2D eigenvalue weighted by atomic mass is 10.0. The molecule has 0 saturated carbocycles. The average Bonchev–Trinajstić information content (AvgIpc) is 3.24. The van der Waals surface area contributed by atoms with Gasteiger partial charge in [-0.05, 0) is 36.4 Å². The Morgan fingerprint density at radius 3 is 2.70 bits per heavy atom. The molecule has 0 saturated heterocycles. The van der Waals surface area contributed by atoms with Crippen molar-refractivity contribution in [1.82, 2.24) is 14.5 Å². The molecule has 7 heteroatoms. The number of pyridine rings is 1. The summed E-state index contributed by atoms with van der Waals surface area (Å²) < 4.78 is 7.10. The van der Waals surface area contributed by atoms with E-state index in [9.17, 15) is 5.26 Å². The van der Waals surface area contributed by atoms with Gasteiger partial charge in [0.2, 0.25) is 0 Å². The van der Waals surface area contributed by atoms with Crippen molar-refractivity contribution >= 4 is 34.1 Å². The van der Waals surface area contributed by atoms with Crippen molar-refractivity contribution in [2.45, 2.75) is 0 Å². The summed E-state index contributed by atoms with van der Waals surface area (Å²) in [5, 5.41) is 11.0. The van der Waals surface area contributed by atoms with Crippen molar-refractivity contribution in [3.8, 4) is 28.8 Å². The third kappa shape index (κ3) is 2.99. The van der Waals surface area contributed by atoms with Gasteiger partial charge < -0.3 is 9.30 Å². The average molecular weight is 395 g/mol. The van der Waals surface area contributed by atoms with Gasteiger partial charge in [0, 0.05) is 23.3 Å². The van der Waals surface area contributed by atoms with Crippen LogP contribution in [-0.2, 0) is 0 Å². The van der Waals surface area contributed by atoms with E-state index in [0.29, 0.717) is 32.6 Å². The van der Waals surface area contributed by atoms with Gasteiger partial charge in [-0.25, -0.2) is 9.97 Å². The molecule has 0 unspecified atom stereocenters. The third-order valence-electron chi connectivity index (χ3n) is 4.25. The molecular formula is C20H12Cl2N4O. The first-order valence-corrected chi connectivity index (χ1v) is 8.73. The lowest BCUT2D eigenvalue weighted by Gasteiger charge is -2.13. The molecule has 2 aromatic carbocycles. The van der Waals surface area contributed by atoms with Gasteiger partial charge in [-0.3, -0.25) is 0 Å². The largest absolute Gasteiger partial charge is 0.495 e. The monoisotopic (exact) mass is 394 g/mol. The maximum absolute atomic E-state index is 9.38. The molecule has 0 aliphatic rings. The van der Waals surface area contributed by atoms with Crippen LogP contribution < -0.4 is 4.74 Å². The Morgan fingerprint density at radius 2 is 2.00 bits per heavy atom. The molecule has 0 aliphatic heterocycles. The summed E-state index contributed by atoms with van der Waals surface area (Å²) >= 11 is 12.6. The molecule has 0 aliphatic carbocycles. The molecule has 132 valence electrons. The Bertz CT molecular complexity index is 1200. The van der Waals surface area contributed by atoms with Crippen LogP contribution in [0.5, 0.6) is 5.75 Å². The minimum absolute atomic E-state index is 0.381. The molecule has 0 spiro atoms. The van der Waals surface area contributed by atoms with Crippen LogP contribution in [0.15, 0.2) is 55.1 Å². The zero-order chi connectivity index (χ0) is 19.0.